The smallest absolute Gasteiger partial charge is 0.306 e. The molecule has 0 aromatic heterocycles. The zero-order valence-corrected chi connectivity index (χ0v) is 11.2. The van der Waals surface area contributed by atoms with Gasteiger partial charge in [0.05, 0.1) is 13.2 Å². The summed E-state index contributed by atoms with van der Waals surface area (Å²) in [5.74, 6) is -2.67. The van der Waals surface area contributed by atoms with Crippen LogP contribution in [0.5, 0.6) is 0 Å². The van der Waals surface area contributed by atoms with Gasteiger partial charge >= 0.3 is 5.97 Å². The molecule has 1 rings (SSSR count). The molecule has 0 aromatic carbocycles. The van der Waals surface area contributed by atoms with Crippen LogP contribution in [-0.4, -0.2) is 63.7 Å². The number of esters is 1. The molecule has 1 aliphatic heterocycles. The lowest BCUT2D eigenvalue weighted by atomic mass is 9.88. The van der Waals surface area contributed by atoms with Gasteiger partial charge in [-0.3, -0.25) is 4.79 Å². The second-order valence-electron chi connectivity index (χ2n) is 4.98. The molecule has 0 radical (unpaired) electrons. The van der Waals surface area contributed by atoms with Crippen LogP contribution in [0.2, 0.25) is 0 Å². The maximum absolute atomic E-state index is 11.3. The standard InChI is InChI=1S/C12H22O7/c1-3-18-9(14)4-7(2)5-12(17)11(16)10(15)8(13)6-19-12/h7-8,10-11,13,15-17H,3-6H2,1-2H3/t7?,8-,10+,11-,12-/m1/s1. The van der Waals surface area contributed by atoms with Crippen LogP contribution in [0.15, 0.2) is 0 Å². The Morgan fingerprint density at radius 2 is 2.11 bits per heavy atom. The third-order valence-corrected chi connectivity index (χ3v) is 3.15. The lowest BCUT2D eigenvalue weighted by molar-refractivity contribution is -0.326. The Hall–Kier alpha value is -0.730. The Labute approximate surface area is 111 Å². The zero-order chi connectivity index (χ0) is 14.6. The van der Waals surface area contributed by atoms with Crippen molar-refractivity contribution in [3.8, 4) is 0 Å². The van der Waals surface area contributed by atoms with E-state index in [0.717, 1.165) is 0 Å². The fraction of sp³-hybridized carbons (Fsp3) is 0.917. The third-order valence-electron chi connectivity index (χ3n) is 3.15. The summed E-state index contributed by atoms with van der Waals surface area (Å²) in [6.45, 7) is 3.39. The van der Waals surface area contributed by atoms with Crippen molar-refractivity contribution in [2.75, 3.05) is 13.2 Å². The first-order valence-electron chi connectivity index (χ1n) is 6.36. The predicted molar refractivity (Wildman–Crippen MR) is 64.0 cm³/mol. The number of ether oxygens (including phenoxy) is 2. The van der Waals surface area contributed by atoms with E-state index in [0.29, 0.717) is 0 Å². The minimum Gasteiger partial charge on any atom is -0.466 e. The number of carbonyl (C=O) groups is 1. The van der Waals surface area contributed by atoms with Crippen molar-refractivity contribution in [1.29, 1.82) is 0 Å². The Bertz CT molecular complexity index is 308. The molecule has 7 nitrogen and oxygen atoms in total. The lowest BCUT2D eigenvalue weighted by Crippen LogP contribution is -2.61. The van der Waals surface area contributed by atoms with E-state index in [2.05, 4.69) is 0 Å². The predicted octanol–water partition coefficient (Wildman–Crippen LogP) is -1.23. The Kier molecular flexibility index (Phi) is 5.69. The van der Waals surface area contributed by atoms with E-state index in [4.69, 9.17) is 9.47 Å². The van der Waals surface area contributed by atoms with Crippen LogP contribution in [0.3, 0.4) is 0 Å². The molecule has 0 aromatic rings. The average Bonchev–Trinajstić information content (AvgIpc) is 2.32. The first-order chi connectivity index (χ1) is 8.80. The molecule has 0 saturated carbocycles. The van der Waals surface area contributed by atoms with Crippen molar-refractivity contribution in [2.24, 2.45) is 5.92 Å². The Morgan fingerprint density at radius 1 is 1.47 bits per heavy atom. The molecule has 112 valence electrons. The molecule has 19 heavy (non-hydrogen) atoms. The molecule has 0 bridgehead atoms. The fourth-order valence-corrected chi connectivity index (χ4v) is 2.15. The van der Waals surface area contributed by atoms with Gasteiger partial charge in [0.25, 0.3) is 0 Å². The fourth-order valence-electron chi connectivity index (χ4n) is 2.15. The van der Waals surface area contributed by atoms with Gasteiger partial charge in [0, 0.05) is 12.8 Å². The normalized spacial score (nSPS) is 36.8. The molecule has 0 spiro atoms. The van der Waals surface area contributed by atoms with E-state index in [1.54, 1.807) is 13.8 Å². The van der Waals surface area contributed by atoms with Crippen molar-refractivity contribution in [3.05, 3.63) is 0 Å². The van der Waals surface area contributed by atoms with E-state index in [9.17, 15) is 25.2 Å². The highest BCUT2D eigenvalue weighted by Crippen LogP contribution is 2.30. The maximum Gasteiger partial charge on any atom is 0.306 e. The van der Waals surface area contributed by atoms with E-state index < -0.39 is 30.1 Å². The van der Waals surface area contributed by atoms with Crippen LogP contribution in [-0.2, 0) is 14.3 Å². The van der Waals surface area contributed by atoms with Crippen molar-refractivity contribution < 1.29 is 34.7 Å². The first kappa shape index (κ1) is 16.3. The highest BCUT2D eigenvalue weighted by molar-refractivity contribution is 5.69. The summed E-state index contributed by atoms with van der Waals surface area (Å²) in [5, 5.41) is 38.7. The summed E-state index contributed by atoms with van der Waals surface area (Å²) < 4.78 is 9.80. The molecular weight excluding hydrogens is 256 g/mol. The van der Waals surface area contributed by atoms with Gasteiger partial charge < -0.3 is 29.9 Å². The van der Waals surface area contributed by atoms with Gasteiger partial charge in [-0.2, -0.15) is 0 Å². The van der Waals surface area contributed by atoms with Crippen LogP contribution < -0.4 is 0 Å². The van der Waals surface area contributed by atoms with E-state index in [-0.39, 0.29) is 32.0 Å². The second kappa shape index (κ2) is 6.62. The van der Waals surface area contributed by atoms with Gasteiger partial charge in [0.15, 0.2) is 5.79 Å². The van der Waals surface area contributed by atoms with Crippen molar-refractivity contribution in [3.63, 3.8) is 0 Å². The third kappa shape index (κ3) is 4.12. The molecule has 7 heteroatoms. The highest BCUT2D eigenvalue weighted by atomic mass is 16.6. The molecule has 1 unspecified atom stereocenters. The summed E-state index contributed by atoms with van der Waals surface area (Å²) in [4.78, 5) is 11.3. The van der Waals surface area contributed by atoms with E-state index in [1.165, 1.54) is 0 Å². The van der Waals surface area contributed by atoms with Gasteiger partial charge in [-0.15, -0.1) is 0 Å². The first-order valence-corrected chi connectivity index (χ1v) is 6.36. The monoisotopic (exact) mass is 278 g/mol. The van der Waals surface area contributed by atoms with Gasteiger partial charge in [-0.1, -0.05) is 6.92 Å². The Balaban J connectivity index is 2.56. The summed E-state index contributed by atoms with van der Waals surface area (Å²) in [7, 11) is 0. The average molecular weight is 278 g/mol. The molecule has 5 atom stereocenters. The lowest BCUT2D eigenvalue weighted by Gasteiger charge is -2.42. The Morgan fingerprint density at radius 3 is 2.68 bits per heavy atom. The quantitative estimate of drug-likeness (QED) is 0.465. The van der Waals surface area contributed by atoms with Crippen molar-refractivity contribution >= 4 is 5.97 Å². The second-order valence-corrected chi connectivity index (χ2v) is 4.98. The van der Waals surface area contributed by atoms with Crippen LogP contribution in [0.1, 0.15) is 26.7 Å². The number of aliphatic hydroxyl groups is 4. The highest BCUT2D eigenvalue weighted by Gasteiger charge is 2.48. The van der Waals surface area contributed by atoms with Gasteiger partial charge in [-0.05, 0) is 12.8 Å². The van der Waals surface area contributed by atoms with Gasteiger partial charge in [0.2, 0.25) is 0 Å². The molecule has 1 saturated heterocycles. The van der Waals surface area contributed by atoms with Gasteiger partial charge in [0.1, 0.15) is 18.3 Å². The number of rotatable bonds is 5. The van der Waals surface area contributed by atoms with Crippen LogP contribution >= 0.6 is 0 Å². The summed E-state index contributed by atoms with van der Waals surface area (Å²) in [6, 6.07) is 0. The number of hydrogen-bond donors (Lipinski definition) is 4. The summed E-state index contributed by atoms with van der Waals surface area (Å²) in [5.41, 5.74) is 0. The van der Waals surface area contributed by atoms with Crippen molar-refractivity contribution in [1.82, 2.24) is 0 Å². The molecule has 4 N–H and O–H groups in total. The molecule has 1 aliphatic rings. The summed E-state index contributed by atoms with van der Waals surface area (Å²) >= 11 is 0. The molecule has 1 fully saturated rings. The molecule has 0 amide bonds. The minimum atomic E-state index is -1.97. The van der Waals surface area contributed by atoms with Gasteiger partial charge in [-0.25, -0.2) is 0 Å². The molecule has 0 aliphatic carbocycles. The molecule has 1 heterocycles. The van der Waals surface area contributed by atoms with E-state index in [1.807, 2.05) is 0 Å². The maximum atomic E-state index is 11.3. The summed E-state index contributed by atoms with van der Waals surface area (Å²) in [6.07, 6.45) is -4.31. The SMILES string of the molecule is CCOC(=O)CC(C)C[C@@]1(O)OC[C@@H](O)[C@H](O)[C@H]1O. The van der Waals surface area contributed by atoms with Crippen molar-refractivity contribution in [2.45, 2.75) is 50.8 Å². The van der Waals surface area contributed by atoms with E-state index >= 15 is 0 Å². The number of carbonyl (C=O) groups excluding carboxylic acids is 1. The largest absolute Gasteiger partial charge is 0.466 e. The molecular formula is C12H22O7. The van der Waals surface area contributed by atoms with Crippen LogP contribution in [0.25, 0.3) is 0 Å². The van der Waals surface area contributed by atoms with Crippen LogP contribution in [0, 0.1) is 5.92 Å². The topological polar surface area (TPSA) is 116 Å². The zero-order valence-electron chi connectivity index (χ0n) is 11.2. The van der Waals surface area contributed by atoms with Crippen LogP contribution in [0.4, 0.5) is 0 Å². The number of aliphatic hydroxyl groups excluding tert-OH is 3. The number of hydrogen-bond acceptors (Lipinski definition) is 7. The minimum absolute atomic E-state index is 0.0449.